The highest BCUT2D eigenvalue weighted by Gasteiger charge is 2.41. The van der Waals surface area contributed by atoms with Crippen LogP contribution in [0.5, 0.6) is 0 Å². The molecule has 2 rings (SSSR count). The van der Waals surface area contributed by atoms with Crippen molar-refractivity contribution in [1.82, 2.24) is 4.90 Å². The maximum absolute atomic E-state index is 11.2. The van der Waals surface area contributed by atoms with Crippen molar-refractivity contribution in [3.63, 3.8) is 0 Å². The summed E-state index contributed by atoms with van der Waals surface area (Å²) in [6, 6.07) is 0.301. The highest BCUT2D eigenvalue weighted by Crippen LogP contribution is 2.37. The van der Waals surface area contributed by atoms with Crippen LogP contribution >= 0.6 is 0 Å². The number of carbonyl (C=O) groups excluding carboxylic acids is 2. The number of fused-ring (bicyclic) bond motifs is 2. The Bertz CT molecular complexity index is 239. The van der Waals surface area contributed by atoms with Gasteiger partial charge in [-0.25, -0.2) is 0 Å². The van der Waals surface area contributed by atoms with E-state index in [0.717, 1.165) is 19.4 Å². The molecule has 0 radical (unpaired) electrons. The number of hydrogen-bond donors (Lipinski definition) is 1. The van der Waals surface area contributed by atoms with Crippen molar-refractivity contribution in [1.29, 1.82) is 0 Å². The van der Waals surface area contributed by atoms with Crippen LogP contribution in [-0.4, -0.2) is 29.3 Å². The molecule has 2 unspecified atom stereocenters. The van der Waals surface area contributed by atoms with Crippen LogP contribution in [0, 0.1) is 5.92 Å². The first kappa shape index (κ1) is 7.58. The van der Waals surface area contributed by atoms with E-state index in [9.17, 15) is 9.59 Å². The van der Waals surface area contributed by atoms with E-state index < -0.39 is 11.8 Å². The van der Waals surface area contributed by atoms with Crippen LogP contribution in [0.2, 0.25) is 0 Å². The maximum atomic E-state index is 11.2. The Balaban J connectivity index is 2.07. The zero-order valence-corrected chi connectivity index (χ0v) is 6.82. The molecule has 2 amide bonds. The number of primary amides is 1. The molecular formula is C8H12N2O2. The lowest BCUT2D eigenvalue weighted by atomic mass is 10.1. The van der Waals surface area contributed by atoms with Crippen molar-refractivity contribution in [2.24, 2.45) is 11.7 Å². The van der Waals surface area contributed by atoms with Crippen LogP contribution < -0.4 is 5.73 Å². The van der Waals surface area contributed by atoms with Crippen LogP contribution in [0.15, 0.2) is 0 Å². The van der Waals surface area contributed by atoms with E-state index in [4.69, 9.17) is 5.73 Å². The van der Waals surface area contributed by atoms with E-state index in [-0.39, 0.29) is 0 Å². The number of nitrogens with two attached hydrogens (primary N) is 1. The molecule has 0 aromatic rings. The molecule has 1 aliphatic heterocycles. The molecule has 2 bridgehead atoms. The van der Waals surface area contributed by atoms with Gasteiger partial charge in [-0.05, 0) is 25.2 Å². The standard InChI is InChI=1S/C8H12N2O2/c9-7(11)8(12)10-4-5-1-2-6(10)3-5/h5-6H,1-4H2,(H2,9,11). The average Bonchev–Trinajstić information content (AvgIpc) is 2.62. The number of hydrogen-bond acceptors (Lipinski definition) is 2. The average molecular weight is 168 g/mol. The summed E-state index contributed by atoms with van der Waals surface area (Å²) >= 11 is 0. The fourth-order valence-corrected chi connectivity index (χ4v) is 2.31. The summed E-state index contributed by atoms with van der Waals surface area (Å²) in [5, 5.41) is 0. The van der Waals surface area contributed by atoms with Gasteiger partial charge in [-0.2, -0.15) is 0 Å². The Morgan fingerprint density at radius 2 is 2.08 bits per heavy atom. The molecule has 0 spiro atoms. The summed E-state index contributed by atoms with van der Waals surface area (Å²) in [7, 11) is 0. The molecule has 4 nitrogen and oxygen atoms in total. The number of likely N-dealkylation sites (tertiary alicyclic amines) is 1. The minimum absolute atomic E-state index is 0.301. The summed E-state index contributed by atoms with van der Waals surface area (Å²) in [5.74, 6) is -0.692. The third-order valence-electron chi connectivity index (χ3n) is 2.88. The second kappa shape index (κ2) is 2.47. The molecule has 0 aromatic carbocycles. The van der Waals surface area contributed by atoms with Crippen molar-refractivity contribution >= 4 is 11.8 Å². The molecule has 1 aliphatic carbocycles. The molecule has 0 aromatic heterocycles. The van der Waals surface area contributed by atoms with Crippen molar-refractivity contribution in [2.75, 3.05) is 6.54 Å². The van der Waals surface area contributed by atoms with Crippen LogP contribution in [-0.2, 0) is 9.59 Å². The molecule has 2 fully saturated rings. The second-order valence-corrected chi connectivity index (χ2v) is 3.65. The Morgan fingerprint density at radius 3 is 2.50 bits per heavy atom. The quantitative estimate of drug-likeness (QED) is 0.495. The third-order valence-corrected chi connectivity index (χ3v) is 2.88. The van der Waals surface area contributed by atoms with Crippen LogP contribution in [0.25, 0.3) is 0 Å². The van der Waals surface area contributed by atoms with Gasteiger partial charge in [0.15, 0.2) is 0 Å². The van der Waals surface area contributed by atoms with E-state index in [0.29, 0.717) is 12.0 Å². The summed E-state index contributed by atoms with van der Waals surface area (Å²) in [6.45, 7) is 0.742. The van der Waals surface area contributed by atoms with Gasteiger partial charge in [0.05, 0.1) is 0 Å². The van der Waals surface area contributed by atoms with Gasteiger partial charge >= 0.3 is 11.8 Å². The normalized spacial score (nSPS) is 32.5. The van der Waals surface area contributed by atoms with E-state index in [1.165, 1.54) is 6.42 Å². The molecule has 2 atom stereocenters. The first-order valence-electron chi connectivity index (χ1n) is 4.29. The number of rotatable bonds is 0. The van der Waals surface area contributed by atoms with Gasteiger partial charge in [-0.3, -0.25) is 9.59 Å². The minimum Gasteiger partial charge on any atom is -0.361 e. The minimum atomic E-state index is -0.817. The molecule has 2 N–H and O–H groups in total. The van der Waals surface area contributed by atoms with Crippen LogP contribution in [0.4, 0.5) is 0 Å². The highest BCUT2D eigenvalue weighted by molar-refractivity contribution is 6.34. The molecule has 1 saturated carbocycles. The third kappa shape index (κ3) is 0.983. The number of amides is 2. The Morgan fingerprint density at radius 1 is 1.33 bits per heavy atom. The van der Waals surface area contributed by atoms with Gasteiger partial charge in [0, 0.05) is 12.6 Å². The fourth-order valence-electron chi connectivity index (χ4n) is 2.31. The van der Waals surface area contributed by atoms with Crippen molar-refractivity contribution in [3.05, 3.63) is 0 Å². The lowest BCUT2D eigenvalue weighted by Crippen LogP contribution is -2.44. The zero-order valence-electron chi connectivity index (χ0n) is 6.82. The van der Waals surface area contributed by atoms with Crippen molar-refractivity contribution in [2.45, 2.75) is 25.3 Å². The second-order valence-electron chi connectivity index (χ2n) is 3.65. The predicted molar refractivity (Wildman–Crippen MR) is 42.0 cm³/mol. The van der Waals surface area contributed by atoms with Crippen molar-refractivity contribution in [3.8, 4) is 0 Å². The smallest absolute Gasteiger partial charge is 0.311 e. The lowest BCUT2D eigenvalue weighted by molar-refractivity contribution is -0.145. The summed E-state index contributed by atoms with van der Waals surface area (Å²) in [6.07, 6.45) is 3.32. The van der Waals surface area contributed by atoms with Gasteiger partial charge in [0.25, 0.3) is 0 Å². The summed E-state index contributed by atoms with van der Waals surface area (Å²) in [5.41, 5.74) is 4.92. The zero-order chi connectivity index (χ0) is 8.72. The molecule has 1 saturated heterocycles. The monoisotopic (exact) mass is 168 g/mol. The van der Waals surface area contributed by atoms with E-state index in [2.05, 4.69) is 0 Å². The number of piperidine rings is 1. The maximum Gasteiger partial charge on any atom is 0.311 e. The molecular weight excluding hydrogens is 156 g/mol. The summed E-state index contributed by atoms with van der Waals surface area (Å²) in [4.78, 5) is 23.4. The number of nitrogens with zero attached hydrogens (tertiary/aromatic N) is 1. The van der Waals surface area contributed by atoms with Gasteiger partial charge in [0.1, 0.15) is 0 Å². The first-order valence-corrected chi connectivity index (χ1v) is 4.29. The van der Waals surface area contributed by atoms with Gasteiger partial charge in [0.2, 0.25) is 0 Å². The Kier molecular flexibility index (Phi) is 1.56. The Labute approximate surface area is 70.7 Å². The fraction of sp³-hybridized carbons (Fsp3) is 0.750. The lowest BCUT2D eigenvalue weighted by Gasteiger charge is -2.25. The first-order chi connectivity index (χ1) is 5.68. The number of carbonyl (C=O) groups is 2. The topological polar surface area (TPSA) is 63.4 Å². The Hall–Kier alpha value is -1.06. The SMILES string of the molecule is NC(=O)C(=O)N1CC2CCC1C2. The molecule has 2 aliphatic rings. The van der Waals surface area contributed by atoms with E-state index in [1.54, 1.807) is 4.90 Å². The van der Waals surface area contributed by atoms with Crippen LogP contribution in [0.1, 0.15) is 19.3 Å². The summed E-state index contributed by atoms with van der Waals surface area (Å²) < 4.78 is 0. The van der Waals surface area contributed by atoms with E-state index >= 15 is 0 Å². The largest absolute Gasteiger partial charge is 0.361 e. The van der Waals surface area contributed by atoms with E-state index in [1.807, 2.05) is 0 Å². The highest BCUT2D eigenvalue weighted by atomic mass is 16.2. The van der Waals surface area contributed by atoms with Gasteiger partial charge in [-0.15, -0.1) is 0 Å². The van der Waals surface area contributed by atoms with Gasteiger partial charge in [-0.1, -0.05) is 0 Å². The molecule has 12 heavy (non-hydrogen) atoms. The van der Waals surface area contributed by atoms with Crippen molar-refractivity contribution < 1.29 is 9.59 Å². The van der Waals surface area contributed by atoms with Gasteiger partial charge < -0.3 is 10.6 Å². The predicted octanol–water partition coefficient (Wildman–Crippen LogP) is -0.517. The molecule has 66 valence electrons. The molecule has 1 heterocycles. The van der Waals surface area contributed by atoms with Crippen LogP contribution in [0.3, 0.4) is 0 Å². The molecule has 4 heteroatoms.